The van der Waals surface area contributed by atoms with Crippen LogP contribution in [-0.2, 0) is 6.42 Å². The SMILES string of the molecule is CCc1ncnc(NCC(C)C)c1F. The fourth-order valence-electron chi connectivity index (χ4n) is 1.08. The van der Waals surface area contributed by atoms with Gasteiger partial charge in [-0.05, 0) is 12.3 Å². The fourth-order valence-corrected chi connectivity index (χ4v) is 1.08. The van der Waals surface area contributed by atoms with Crippen LogP contribution in [0.2, 0.25) is 0 Å². The zero-order chi connectivity index (χ0) is 10.6. The molecule has 0 saturated heterocycles. The first-order valence-electron chi connectivity index (χ1n) is 4.88. The lowest BCUT2D eigenvalue weighted by Gasteiger charge is -2.09. The summed E-state index contributed by atoms with van der Waals surface area (Å²) in [6, 6.07) is 0. The van der Waals surface area contributed by atoms with Gasteiger partial charge in [-0.1, -0.05) is 20.8 Å². The van der Waals surface area contributed by atoms with E-state index in [1.807, 2.05) is 6.92 Å². The average molecular weight is 197 g/mol. The van der Waals surface area contributed by atoms with Gasteiger partial charge in [-0.15, -0.1) is 0 Å². The first-order valence-corrected chi connectivity index (χ1v) is 4.88. The molecule has 0 unspecified atom stereocenters. The quantitative estimate of drug-likeness (QED) is 0.804. The smallest absolute Gasteiger partial charge is 0.186 e. The van der Waals surface area contributed by atoms with Gasteiger partial charge in [0.2, 0.25) is 0 Å². The Morgan fingerprint density at radius 1 is 1.43 bits per heavy atom. The molecular weight excluding hydrogens is 181 g/mol. The summed E-state index contributed by atoms with van der Waals surface area (Å²) < 4.78 is 13.5. The highest BCUT2D eigenvalue weighted by Crippen LogP contribution is 2.13. The van der Waals surface area contributed by atoms with Crippen LogP contribution in [0.5, 0.6) is 0 Å². The minimum Gasteiger partial charge on any atom is -0.367 e. The second kappa shape index (κ2) is 4.88. The van der Waals surface area contributed by atoms with Crippen LogP contribution in [0, 0.1) is 11.7 Å². The lowest BCUT2D eigenvalue weighted by molar-refractivity contribution is 0.592. The summed E-state index contributed by atoms with van der Waals surface area (Å²) in [5.74, 6) is 0.454. The lowest BCUT2D eigenvalue weighted by atomic mass is 10.2. The van der Waals surface area contributed by atoms with Gasteiger partial charge in [0.15, 0.2) is 11.6 Å². The normalized spacial score (nSPS) is 10.6. The van der Waals surface area contributed by atoms with E-state index in [9.17, 15) is 4.39 Å². The fraction of sp³-hybridized carbons (Fsp3) is 0.600. The van der Waals surface area contributed by atoms with E-state index in [4.69, 9.17) is 0 Å². The van der Waals surface area contributed by atoms with Crippen molar-refractivity contribution in [2.75, 3.05) is 11.9 Å². The number of aryl methyl sites for hydroxylation is 1. The zero-order valence-electron chi connectivity index (χ0n) is 8.84. The Balaban J connectivity index is 2.76. The Bertz CT molecular complexity index is 299. The van der Waals surface area contributed by atoms with Crippen molar-refractivity contribution < 1.29 is 4.39 Å². The van der Waals surface area contributed by atoms with Crippen molar-refractivity contribution in [1.82, 2.24) is 9.97 Å². The Labute approximate surface area is 83.8 Å². The highest BCUT2D eigenvalue weighted by atomic mass is 19.1. The summed E-state index contributed by atoms with van der Waals surface area (Å²) in [5, 5.41) is 2.96. The van der Waals surface area contributed by atoms with Gasteiger partial charge in [0, 0.05) is 6.54 Å². The van der Waals surface area contributed by atoms with E-state index in [2.05, 4.69) is 29.1 Å². The van der Waals surface area contributed by atoms with Crippen molar-refractivity contribution in [3.05, 3.63) is 17.8 Å². The molecule has 0 saturated carbocycles. The molecule has 0 atom stereocenters. The van der Waals surface area contributed by atoms with E-state index in [0.717, 1.165) is 6.54 Å². The van der Waals surface area contributed by atoms with Gasteiger partial charge in [0.25, 0.3) is 0 Å². The van der Waals surface area contributed by atoms with E-state index >= 15 is 0 Å². The van der Waals surface area contributed by atoms with Crippen LogP contribution in [0.25, 0.3) is 0 Å². The van der Waals surface area contributed by atoms with Crippen LogP contribution in [0.1, 0.15) is 26.5 Å². The van der Waals surface area contributed by atoms with Crippen LogP contribution < -0.4 is 5.32 Å². The Morgan fingerprint density at radius 2 is 2.14 bits per heavy atom. The second-order valence-electron chi connectivity index (χ2n) is 3.61. The molecule has 0 aromatic carbocycles. The molecule has 1 aromatic rings. The summed E-state index contributed by atoms with van der Waals surface area (Å²) in [6.07, 6.45) is 1.98. The molecule has 14 heavy (non-hydrogen) atoms. The third-order valence-corrected chi connectivity index (χ3v) is 1.87. The molecule has 0 fully saturated rings. The molecule has 0 amide bonds. The van der Waals surface area contributed by atoms with Crippen molar-refractivity contribution in [1.29, 1.82) is 0 Å². The Kier molecular flexibility index (Phi) is 3.80. The lowest BCUT2D eigenvalue weighted by Crippen LogP contribution is -2.12. The van der Waals surface area contributed by atoms with Crippen molar-refractivity contribution in [3.63, 3.8) is 0 Å². The number of rotatable bonds is 4. The summed E-state index contributed by atoms with van der Waals surface area (Å²) in [6.45, 7) is 6.72. The molecule has 1 N–H and O–H groups in total. The van der Waals surface area contributed by atoms with Gasteiger partial charge in [-0.2, -0.15) is 0 Å². The van der Waals surface area contributed by atoms with Gasteiger partial charge in [0.05, 0.1) is 5.69 Å². The molecule has 0 radical (unpaired) electrons. The Morgan fingerprint density at radius 3 is 2.71 bits per heavy atom. The molecular formula is C10H16FN3. The summed E-state index contributed by atoms with van der Waals surface area (Å²) >= 11 is 0. The first kappa shape index (κ1) is 10.9. The van der Waals surface area contributed by atoms with Gasteiger partial charge >= 0.3 is 0 Å². The molecule has 1 aromatic heterocycles. The van der Waals surface area contributed by atoms with Crippen LogP contribution in [0.4, 0.5) is 10.2 Å². The van der Waals surface area contributed by atoms with E-state index in [1.165, 1.54) is 6.33 Å². The zero-order valence-corrected chi connectivity index (χ0v) is 8.84. The maximum absolute atomic E-state index is 13.5. The minimum atomic E-state index is -0.323. The predicted octanol–water partition coefficient (Wildman–Crippen LogP) is 2.25. The molecule has 0 aliphatic heterocycles. The van der Waals surface area contributed by atoms with Gasteiger partial charge in [-0.3, -0.25) is 0 Å². The Hall–Kier alpha value is -1.19. The number of anilines is 1. The number of nitrogens with one attached hydrogen (secondary N) is 1. The maximum atomic E-state index is 13.5. The van der Waals surface area contributed by atoms with Crippen LogP contribution >= 0.6 is 0 Å². The monoisotopic (exact) mass is 197 g/mol. The highest BCUT2D eigenvalue weighted by Gasteiger charge is 2.08. The van der Waals surface area contributed by atoms with Crippen molar-refractivity contribution >= 4 is 5.82 Å². The van der Waals surface area contributed by atoms with Crippen LogP contribution in [0.15, 0.2) is 6.33 Å². The molecule has 0 bridgehead atoms. The van der Waals surface area contributed by atoms with Gasteiger partial charge in [0.1, 0.15) is 6.33 Å². The number of nitrogens with zero attached hydrogens (tertiary/aromatic N) is 2. The number of hydrogen-bond acceptors (Lipinski definition) is 3. The van der Waals surface area contributed by atoms with Crippen LogP contribution in [-0.4, -0.2) is 16.5 Å². The second-order valence-corrected chi connectivity index (χ2v) is 3.61. The topological polar surface area (TPSA) is 37.8 Å². The number of hydrogen-bond donors (Lipinski definition) is 1. The van der Waals surface area contributed by atoms with E-state index in [1.54, 1.807) is 0 Å². The largest absolute Gasteiger partial charge is 0.367 e. The van der Waals surface area contributed by atoms with Gasteiger partial charge in [-0.25, -0.2) is 14.4 Å². The summed E-state index contributed by atoms with van der Waals surface area (Å²) in [5.41, 5.74) is 0.464. The van der Waals surface area contributed by atoms with E-state index in [0.29, 0.717) is 23.9 Å². The van der Waals surface area contributed by atoms with Crippen molar-refractivity contribution in [3.8, 4) is 0 Å². The minimum absolute atomic E-state index is 0.311. The maximum Gasteiger partial charge on any atom is 0.186 e. The molecule has 3 nitrogen and oxygen atoms in total. The summed E-state index contributed by atoms with van der Waals surface area (Å²) in [4.78, 5) is 7.72. The molecule has 78 valence electrons. The molecule has 4 heteroatoms. The predicted molar refractivity (Wildman–Crippen MR) is 54.7 cm³/mol. The average Bonchev–Trinajstić information content (AvgIpc) is 2.16. The van der Waals surface area contributed by atoms with Gasteiger partial charge < -0.3 is 5.32 Å². The van der Waals surface area contributed by atoms with E-state index in [-0.39, 0.29) is 5.82 Å². The third-order valence-electron chi connectivity index (χ3n) is 1.87. The first-order chi connectivity index (χ1) is 6.65. The van der Waals surface area contributed by atoms with Crippen molar-refractivity contribution in [2.24, 2.45) is 5.92 Å². The van der Waals surface area contributed by atoms with Crippen LogP contribution in [0.3, 0.4) is 0 Å². The van der Waals surface area contributed by atoms with E-state index < -0.39 is 0 Å². The molecule has 0 aliphatic rings. The third kappa shape index (κ3) is 2.65. The molecule has 0 spiro atoms. The number of aromatic nitrogens is 2. The molecule has 0 aliphatic carbocycles. The van der Waals surface area contributed by atoms with Crippen molar-refractivity contribution in [2.45, 2.75) is 27.2 Å². The number of halogens is 1. The molecule has 1 rings (SSSR count). The summed E-state index contributed by atoms with van der Waals surface area (Å²) in [7, 11) is 0. The standard InChI is InChI=1S/C10H16FN3/c1-4-8-9(11)10(14-6-13-8)12-5-7(2)3/h6-7H,4-5H2,1-3H3,(H,12,13,14). The molecule has 1 heterocycles. The highest BCUT2D eigenvalue weighted by molar-refractivity contribution is 5.37.